The number of aromatic nitrogens is 4. The van der Waals surface area contributed by atoms with E-state index in [9.17, 15) is 46.3 Å². The Morgan fingerprint density at radius 1 is 0.531 bits per heavy atom. The van der Waals surface area contributed by atoms with Gasteiger partial charge in [0.1, 0.15) is 29.7 Å². The summed E-state index contributed by atoms with van der Waals surface area (Å²) in [6.07, 6.45) is 5.20. The van der Waals surface area contributed by atoms with Gasteiger partial charge < -0.3 is 49.7 Å². The van der Waals surface area contributed by atoms with Crippen molar-refractivity contribution < 1.29 is 55.8 Å². The zero-order valence-electron chi connectivity index (χ0n) is 44.3. The summed E-state index contributed by atoms with van der Waals surface area (Å²) in [7, 11) is 0. The van der Waals surface area contributed by atoms with Crippen LogP contribution in [0.25, 0.3) is 22.5 Å². The Labute approximate surface area is 464 Å². The summed E-state index contributed by atoms with van der Waals surface area (Å²) in [6.45, 7) is 2.39. The molecule has 22 heteroatoms. The van der Waals surface area contributed by atoms with Crippen molar-refractivity contribution in [3.63, 3.8) is 0 Å². The van der Waals surface area contributed by atoms with E-state index in [1.165, 1.54) is 24.3 Å². The van der Waals surface area contributed by atoms with Gasteiger partial charge in [-0.3, -0.25) is 19.2 Å². The Morgan fingerprint density at radius 2 is 0.914 bits per heavy atom. The molecule has 4 aromatic carbocycles. The molecule has 4 fully saturated rings. The molecule has 4 heterocycles. The van der Waals surface area contributed by atoms with E-state index in [0.717, 1.165) is 37.8 Å². The minimum atomic E-state index is -1.27. The maximum absolute atomic E-state index is 14.6. The first-order chi connectivity index (χ1) is 39.3. The summed E-state index contributed by atoms with van der Waals surface area (Å²) in [6, 6.07) is 21.9. The molecule has 6 atom stereocenters. The Bertz CT molecular complexity index is 3020. The normalized spacial score (nSPS) is 21.2. The molecule has 10 rings (SSSR count). The Morgan fingerprint density at radius 3 is 1.31 bits per heavy atom. The molecule has 6 aromatic rings. The Hall–Kier alpha value is -8.24. The molecule has 18 nitrogen and oxygen atoms in total. The first-order valence-corrected chi connectivity index (χ1v) is 27.5. The van der Waals surface area contributed by atoms with Crippen LogP contribution in [0.1, 0.15) is 102 Å². The predicted octanol–water partition coefficient (Wildman–Crippen LogP) is 7.85. The number of carbonyl (C=O) groups is 6. The number of nitrogens with one attached hydrogen (secondary N) is 4. The molecule has 2 saturated heterocycles. The molecule has 4 aliphatic rings. The largest absolute Gasteiger partial charge is 0.415 e. The van der Waals surface area contributed by atoms with E-state index in [1.54, 1.807) is 22.5 Å². The van der Waals surface area contributed by atoms with Gasteiger partial charge in [-0.25, -0.2) is 37.1 Å². The zero-order valence-corrected chi connectivity index (χ0v) is 44.3. The third kappa shape index (κ3) is 13.3. The second kappa shape index (κ2) is 25.5. The second-order valence-corrected chi connectivity index (χ2v) is 21.0. The first-order valence-electron chi connectivity index (χ1n) is 27.5. The molecule has 0 radical (unpaired) electrons. The number of piperazine rings is 2. The van der Waals surface area contributed by atoms with E-state index in [-0.39, 0.29) is 36.0 Å². The van der Waals surface area contributed by atoms with Crippen LogP contribution in [0, 0.1) is 23.3 Å². The van der Waals surface area contributed by atoms with Crippen LogP contribution in [0.2, 0.25) is 0 Å². The van der Waals surface area contributed by atoms with Crippen molar-refractivity contribution in [2.45, 2.75) is 107 Å². The number of ether oxygens (including phenoxy) is 2. The van der Waals surface area contributed by atoms with E-state index in [4.69, 9.17) is 9.47 Å². The van der Waals surface area contributed by atoms with Crippen LogP contribution in [0.3, 0.4) is 0 Å². The van der Waals surface area contributed by atoms with Crippen molar-refractivity contribution >= 4 is 35.9 Å². The van der Waals surface area contributed by atoms with Gasteiger partial charge in [0.25, 0.3) is 11.8 Å². The summed E-state index contributed by atoms with van der Waals surface area (Å²) >= 11 is 0. The topological polar surface area (TPSA) is 211 Å². The smallest absolute Gasteiger partial charge is 0.376 e. The van der Waals surface area contributed by atoms with E-state index in [1.807, 2.05) is 69.8 Å². The predicted molar refractivity (Wildman–Crippen MR) is 287 cm³/mol. The highest BCUT2D eigenvalue weighted by Gasteiger charge is 2.38. The average Bonchev–Trinajstić information content (AvgIpc) is 4.29. The molecule has 0 spiro atoms. The molecule has 424 valence electrons. The zero-order chi connectivity index (χ0) is 56.6. The van der Waals surface area contributed by atoms with E-state index < -0.39 is 90.1 Å². The van der Waals surface area contributed by atoms with Crippen LogP contribution < -0.4 is 21.3 Å². The fraction of sp³-hybridized carbons (Fsp3) is 0.390. The number of esters is 2. The third-order valence-corrected chi connectivity index (χ3v) is 15.6. The summed E-state index contributed by atoms with van der Waals surface area (Å²) in [5, 5.41) is 12.1. The lowest BCUT2D eigenvalue weighted by Crippen LogP contribution is -2.54. The maximum Gasteiger partial charge on any atom is 0.415 e. The van der Waals surface area contributed by atoms with Gasteiger partial charge in [0.2, 0.25) is 0 Å². The number of halogens is 4. The number of carbonyl (C=O) groups excluding carboxylic acids is 6. The van der Waals surface area contributed by atoms with Crippen LogP contribution >= 0.6 is 0 Å². The standard InChI is InChI=1S/C59H62F4N10O8/c60-40-23-36(24-41(61)29-40)27-44-32-64-19-21-70(44)56(76)52-54(38-11-3-1-4-12-38)72(34-66-52)48-17-9-7-15-46(48)68-58(78)80-50(74)31-51(75)81-59(79)69-47-16-8-10-18-49(47)73-35-67-53(55(73)39-13-5-2-6-14-39)57(77)71-22-20-65-33-45(71)28-37-25-42(62)30-43(63)26-37/h1-6,11-14,23-26,29-30,34-35,44-49,64-65H,7-10,15-22,27-28,31-33H2,(H,68,78)(H,69,79)/t44-,45-,46+,47+,48+,49+/m1/s1. The van der Waals surface area contributed by atoms with Crippen LogP contribution in [0.4, 0.5) is 27.2 Å². The molecular weight excluding hydrogens is 1050 g/mol. The van der Waals surface area contributed by atoms with Crippen molar-refractivity contribution in [2.75, 3.05) is 39.3 Å². The van der Waals surface area contributed by atoms with Crippen LogP contribution in [0.5, 0.6) is 0 Å². The minimum Gasteiger partial charge on any atom is -0.376 e. The Kier molecular flexibility index (Phi) is 17.6. The molecule has 2 aliphatic carbocycles. The molecular formula is C59H62F4N10O8. The van der Waals surface area contributed by atoms with Crippen LogP contribution in [0.15, 0.2) is 110 Å². The number of benzene rings is 4. The van der Waals surface area contributed by atoms with Gasteiger partial charge in [-0.1, -0.05) is 86.3 Å². The van der Waals surface area contributed by atoms with Gasteiger partial charge in [-0.15, -0.1) is 0 Å². The molecule has 2 saturated carbocycles. The average molecular weight is 1120 g/mol. The van der Waals surface area contributed by atoms with Gasteiger partial charge in [0.05, 0.1) is 48.2 Å². The maximum atomic E-state index is 14.6. The lowest BCUT2D eigenvalue weighted by Gasteiger charge is -2.36. The molecule has 4 amide bonds. The number of imidazole rings is 2. The number of hydrogen-bond donors (Lipinski definition) is 4. The van der Waals surface area contributed by atoms with E-state index >= 15 is 0 Å². The number of nitrogens with zero attached hydrogens (tertiary/aromatic N) is 6. The lowest BCUT2D eigenvalue weighted by molar-refractivity contribution is -0.147. The molecule has 81 heavy (non-hydrogen) atoms. The van der Waals surface area contributed by atoms with E-state index in [0.29, 0.717) is 98.6 Å². The number of amides is 4. The highest BCUT2D eigenvalue weighted by Crippen LogP contribution is 2.38. The minimum absolute atomic E-state index is 0.156. The SMILES string of the molecule is O=C(CC(=O)OC(=O)N[C@H]1CCCC[C@@H]1n1cnc(C(=O)N2CCNC[C@H]2Cc2cc(F)cc(F)c2)c1-c1ccccc1)OC(=O)N[C@H]1CCCC[C@@H]1n1cnc(C(=O)N2CCNC[C@H]2Cc2cc(F)cc(F)c2)c1-c1ccccc1. The van der Waals surface area contributed by atoms with Crippen molar-refractivity contribution in [1.82, 2.24) is 50.2 Å². The number of rotatable bonds is 14. The van der Waals surface area contributed by atoms with E-state index in [2.05, 4.69) is 31.2 Å². The highest BCUT2D eigenvalue weighted by atomic mass is 19.1. The van der Waals surface area contributed by atoms with Crippen LogP contribution in [-0.4, -0.2) is 128 Å². The fourth-order valence-electron chi connectivity index (χ4n) is 12.0. The summed E-state index contributed by atoms with van der Waals surface area (Å²) in [5.41, 5.74) is 3.48. The van der Waals surface area contributed by atoms with Gasteiger partial charge in [0.15, 0.2) is 11.4 Å². The van der Waals surface area contributed by atoms with Crippen molar-refractivity contribution in [3.8, 4) is 22.5 Å². The fourth-order valence-corrected chi connectivity index (χ4v) is 12.0. The number of alkyl carbamates (subject to hydrolysis) is 2. The Balaban J connectivity index is 0.780. The van der Waals surface area contributed by atoms with Gasteiger partial charge in [-0.05, 0) is 73.9 Å². The quantitative estimate of drug-likeness (QED) is 0.0467. The second-order valence-electron chi connectivity index (χ2n) is 21.0. The van der Waals surface area contributed by atoms with Crippen molar-refractivity contribution in [2.24, 2.45) is 0 Å². The summed E-state index contributed by atoms with van der Waals surface area (Å²) in [4.78, 5) is 94.9. The molecule has 0 bridgehead atoms. The van der Waals surface area contributed by atoms with Gasteiger partial charge in [0, 0.05) is 74.6 Å². The summed E-state index contributed by atoms with van der Waals surface area (Å²) in [5.74, 6) is -6.13. The van der Waals surface area contributed by atoms with Crippen LogP contribution in [-0.2, 0) is 31.9 Å². The number of hydrogen-bond acceptors (Lipinski definition) is 12. The van der Waals surface area contributed by atoms with Gasteiger partial charge in [-0.2, -0.15) is 0 Å². The summed E-state index contributed by atoms with van der Waals surface area (Å²) < 4.78 is 70.6. The molecule has 4 N–H and O–H groups in total. The van der Waals surface area contributed by atoms with Crippen molar-refractivity contribution in [1.29, 1.82) is 0 Å². The monoisotopic (exact) mass is 1110 g/mol. The lowest BCUT2D eigenvalue weighted by atomic mass is 9.89. The van der Waals surface area contributed by atoms with Gasteiger partial charge >= 0.3 is 24.1 Å². The molecule has 2 aliphatic heterocycles. The molecule has 2 aromatic heterocycles. The third-order valence-electron chi connectivity index (χ3n) is 15.6. The van der Waals surface area contributed by atoms with Crippen molar-refractivity contribution in [3.05, 3.63) is 156 Å². The first kappa shape index (κ1) is 56.1. The highest BCUT2D eigenvalue weighted by molar-refractivity contribution is 6.00. The molecule has 0 unspecified atom stereocenters.